The van der Waals surface area contributed by atoms with E-state index in [1.165, 1.54) is 5.56 Å². The molecule has 32 heavy (non-hydrogen) atoms. The second kappa shape index (κ2) is 10.6. The van der Waals surface area contributed by atoms with Gasteiger partial charge in [-0.15, -0.1) is 11.3 Å². The molecule has 0 aliphatic carbocycles. The fourth-order valence-electron chi connectivity index (χ4n) is 3.90. The van der Waals surface area contributed by atoms with E-state index >= 15 is 0 Å². The molecule has 1 saturated heterocycles. The Kier molecular flexibility index (Phi) is 7.35. The largest absolute Gasteiger partial charge is 0.368 e. The van der Waals surface area contributed by atoms with E-state index in [1.54, 1.807) is 35.6 Å². The number of amides is 2. The summed E-state index contributed by atoms with van der Waals surface area (Å²) in [5.41, 5.74) is 3.43. The normalized spacial score (nSPS) is 16.5. The van der Waals surface area contributed by atoms with Crippen molar-refractivity contribution in [2.45, 2.75) is 44.8 Å². The number of nitrogens with one attached hydrogen (secondary N) is 2. The van der Waals surface area contributed by atoms with E-state index in [2.05, 4.69) is 41.8 Å². The quantitative estimate of drug-likeness (QED) is 0.489. The van der Waals surface area contributed by atoms with E-state index in [4.69, 9.17) is 4.74 Å². The minimum absolute atomic E-state index is 0.163. The van der Waals surface area contributed by atoms with E-state index in [0.29, 0.717) is 17.9 Å². The zero-order valence-corrected chi connectivity index (χ0v) is 19.0. The third kappa shape index (κ3) is 5.44. The number of ether oxygens (including phenoxy) is 1. The number of carbonyl (C=O) groups excluding carboxylic acids is 2. The van der Waals surface area contributed by atoms with Crippen LogP contribution in [0.1, 0.15) is 58.6 Å². The van der Waals surface area contributed by atoms with Crippen molar-refractivity contribution >= 4 is 28.8 Å². The predicted molar refractivity (Wildman–Crippen MR) is 128 cm³/mol. The molecule has 2 N–H and O–H groups in total. The highest BCUT2D eigenvalue weighted by molar-refractivity contribution is 7.10. The minimum atomic E-state index is -0.411. The first-order valence-corrected chi connectivity index (χ1v) is 12.0. The molecule has 2 atom stereocenters. The van der Waals surface area contributed by atoms with Gasteiger partial charge < -0.3 is 15.4 Å². The van der Waals surface area contributed by atoms with Gasteiger partial charge in [0.25, 0.3) is 11.8 Å². The number of benzene rings is 2. The summed E-state index contributed by atoms with van der Waals surface area (Å²) in [4.78, 5) is 26.6. The SMILES string of the molecule is CCCc1ccc(C(NC(=O)c2cccc(NC(=O)C3CCCO3)c2)c2cccs2)cc1. The van der Waals surface area contributed by atoms with Crippen LogP contribution in [-0.2, 0) is 16.0 Å². The summed E-state index contributed by atoms with van der Waals surface area (Å²) in [5, 5.41) is 8.06. The number of hydrogen-bond acceptors (Lipinski definition) is 4. The standard InChI is InChI=1S/C26H28N2O3S/c1-2-6-18-11-13-19(14-12-18)24(23-10-5-16-32-23)28-25(29)20-7-3-8-21(17-20)27-26(30)22-9-4-15-31-22/h3,5,7-8,10-14,16-17,22,24H,2,4,6,9,15H2,1H3,(H,27,30)(H,28,29). The number of anilines is 1. The Balaban J connectivity index is 1.50. The summed E-state index contributed by atoms with van der Waals surface area (Å²) >= 11 is 1.62. The van der Waals surface area contributed by atoms with Gasteiger partial charge in [0.1, 0.15) is 6.10 Å². The van der Waals surface area contributed by atoms with Crippen LogP contribution in [0.4, 0.5) is 5.69 Å². The van der Waals surface area contributed by atoms with Crippen LogP contribution in [-0.4, -0.2) is 24.5 Å². The molecular formula is C26H28N2O3S. The van der Waals surface area contributed by atoms with Crippen LogP contribution in [0.2, 0.25) is 0 Å². The van der Waals surface area contributed by atoms with Crippen molar-refractivity contribution in [3.63, 3.8) is 0 Å². The maximum Gasteiger partial charge on any atom is 0.253 e. The number of hydrogen-bond donors (Lipinski definition) is 2. The van der Waals surface area contributed by atoms with E-state index in [9.17, 15) is 9.59 Å². The zero-order valence-electron chi connectivity index (χ0n) is 18.2. The Labute approximate surface area is 192 Å². The topological polar surface area (TPSA) is 67.4 Å². The number of aryl methyl sites for hydroxylation is 1. The van der Waals surface area contributed by atoms with Gasteiger partial charge in [-0.3, -0.25) is 9.59 Å². The highest BCUT2D eigenvalue weighted by atomic mass is 32.1. The smallest absolute Gasteiger partial charge is 0.253 e. The molecule has 1 fully saturated rings. The summed E-state index contributed by atoms with van der Waals surface area (Å²) in [6, 6.07) is 19.3. The maximum absolute atomic E-state index is 13.1. The highest BCUT2D eigenvalue weighted by Gasteiger charge is 2.24. The molecule has 2 aromatic carbocycles. The van der Waals surface area contributed by atoms with Crippen LogP contribution >= 0.6 is 11.3 Å². The van der Waals surface area contributed by atoms with Crippen molar-refractivity contribution in [3.05, 3.63) is 87.6 Å². The van der Waals surface area contributed by atoms with Crippen molar-refractivity contribution in [3.8, 4) is 0 Å². The second-order valence-electron chi connectivity index (χ2n) is 7.99. The van der Waals surface area contributed by atoms with Crippen LogP contribution in [0.25, 0.3) is 0 Å². The van der Waals surface area contributed by atoms with Gasteiger partial charge in [-0.05, 0) is 60.0 Å². The highest BCUT2D eigenvalue weighted by Crippen LogP contribution is 2.27. The Bertz CT molecular complexity index is 1040. The van der Waals surface area contributed by atoms with Gasteiger partial charge in [0.05, 0.1) is 6.04 Å². The van der Waals surface area contributed by atoms with Crippen LogP contribution in [0.15, 0.2) is 66.0 Å². The first-order valence-electron chi connectivity index (χ1n) is 11.1. The lowest BCUT2D eigenvalue weighted by Gasteiger charge is -2.19. The summed E-state index contributed by atoms with van der Waals surface area (Å²) in [5.74, 6) is -0.349. The molecule has 6 heteroatoms. The van der Waals surface area contributed by atoms with Gasteiger partial charge in [0.15, 0.2) is 0 Å². The van der Waals surface area contributed by atoms with Gasteiger partial charge in [-0.25, -0.2) is 0 Å². The van der Waals surface area contributed by atoms with Crippen LogP contribution in [0, 0.1) is 0 Å². The summed E-state index contributed by atoms with van der Waals surface area (Å²) in [6.45, 7) is 2.78. The van der Waals surface area contributed by atoms with Gasteiger partial charge in [-0.2, -0.15) is 0 Å². The molecule has 0 saturated carbocycles. The van der Waals surface area contributed by atoms with Gasteiger partial charge in [0.2, 0.25) is 0 Å². The van der Waals surface area contributed by atoms with Crippen molar-refractivity contribution in [1.29, 1.82) is 0 Å². The molecule has 166 valence electrons. The summed E-state index contributed by atoms with van der Waals surface area (Å²) in [6.07, 6.45) is 3.35. The Morgan fingerprint density at radius 2 is 1.97 bits per heavy atom. The molecule has 3 aromatic rings. The van der Waals surface area contributed by atoms with E-state index in [1.807, 2.05) is 17.5 Å². The molecule has 0 bridgehead atoms. The Hall–Kier alpha value is -2.96. The monoisotopic (exact) mass is 448 g/mol. The third-order valence-corrected chi connectivity index (χ3v) is 6.51. The first-order chi connectivity index (χ1) is 15.6. The molecule has 2 heterocycles. The Morgan fingerprint density at radius 3 is 2.66 bits per heavy atom. The van der Waals surface area contributed by atoms with Gasteiger partial charge >= 0.3 is 0 Å². The minimum Gasteiger partial charge on any atom is -0.368 e. The molecule has 1 aliphatic rings. The molecule has 2 unspecified atom stereocenters. The van der Waals surface area contributed by atoms with E-state index in [-0.39, 0.29) is 17.9 Å². The van der Waals surface area contributed by atoms with Gasteiger partial charge in [0, 0.05) is 22.7 Å². The summed E-state index contributed by atoms with van der Waals surface area (Å²) < 4.78 is 5.44. The lowest BCUT2D eigenvalue weighted by atomic mass is 10.0. The van der Waals surface area contributed by atoms with Crippen LogP contribution < -0.4 is 10.6 Å². The fourth-order valence-corrected chi connectivity index (χ4v) is 4.70. The second-order valence-corrected chi connectivity index (χ2v) is 8.96. The third-order valence-electron chi connectivity index (χ3n) is 5.57. The first kappa shape index (κ1) is 22.2. The van der Waals surface area contributed by atoms with Crippen LogP contribution in [0.5, 0.6) is 0 Å². The maximum atomic E-state index is 13.1. The van der Waals surface area contributed by atoms with E-state index < -0.39 is 6.10 Å². The molecule has 5 nitrogen and oxygen atoms in total. The molecule has 1 aromatic heterocycles. The van der Waals surface area contributed by atoms with Crippen LogP contribution in [0.3, 0.4) is 0 Å². The Morgan fingerprint density at radius 1 is 1.12 bits per heavy atom. The molecule has 0 spiro atoms. The molecule has 2 amide bonds. The zero-order chi connectivity index (χ0) is 22.3. The lowest BCUT2D eigenvalue weighted by molar-refractivity contribution is -0.124. The molecule has 0 radical (unpaired) electrons. The van der Waals surface area contributed by atoms with E-state index in [0.717, 1.165) is 36.1 Å². The number of thiophene rings is 1. The predicted octanol–water partition coefficient (Wildman–Crippen LogP) is 5.34. The average molecular weight is 449 g/mol. The molecule has 4 rings (SSSR count). The van der Waals surface area contributed by atoms with Gasteiger partial charge in [-0.1, -0.05) is 49.7 Å². The summed E-state index contributed by atoms with van der Waals surface area (Å²) in [7, 11) is 0. The average Bonchev–Trinajstić information content (AvgIpc) is 3.53. The van der Waals surface area contributed by atoms with Crippen molar-refractivity contribution in [1.82, 2.24) is 5.32 Å². The lowest BCUT2D eigenvalue weighted by Crippen LogP contribution is -2.29. The number of carbonyl (C=O) groups is 2. The molecular weight excluding hydrogens is 420 g/mol. The van der Waals surface area contributed by atoms with Crippen molar-refractivity contribution in [2.24, 2.45) is 0 Å². The molecule has 1 aliphatic heterocycles. The van der Waals surface area contributed by atoms with Crippen molar-refractivity contribution in [2.75, 3.05) is 11.9 Å². The fraction of sp³-hybridized carbons (Fsp3) is 0.308. The number of rotatable bonds is 8. The van der Waals surface area contributed by atoms with Crippen molar-refractivity contribution < 1.29 is 14.3 Å².